The number of hydrogen-bond donors (Lipinski definition) is 1. The van der Waals surface area contributed by atoms with Crippen molar-refractivity contribution in [3.05, 3.63) is 35.4 Å². The normalized spacial score (nSPS) is 20.5. The van der Waals surface area contributed by atoms with Crippen LogP contribution in [0.25, 0.3) is 0 Å². The predicted molar refractivity (Wildman–Crippen MR) is 140 cm³/mol. The number of likely N-dealkylation sites (tertiary alicyclic amines) is 1. The van der Waals surface area contributed by atoms with Crippen LogP contribution in [0.4, 0.5) is 0 Å². The Morgan fingerprint density at radius 3 is 2.44 bits per heavy atom. The van der Waals surface area contributed by atoms with Crippen LogP contribution in [-0.2, 0) is 22.6 Å². The highest BCUT2D eigenvalue weighted by Crippen LogP contribution is 2.19. The third-order valence-electron chi connectivity index (χ3n) is 6.41. The van der Waals surface area contributed by atoms with Crippen molar-refractivity contribution in [1.29, 1.82) is 0 Å². The van der Waals surface area contributed by atoms with Gasteiger partial charge in [0.1, 0.15) is 0 Å². The van der Waals surface area contributed by atoms with E-state index in [1.165, 1.54) is 11.1 Å². The van der Waals surface area contributed by atoms with Gasteiger partial charge >= 0.3 is 5.97 Å². The highest BCUT2D eigenvalue weighted by Gasteiger charge is 2.28. The Kier molecular flexibility index (Phi) is 11.7. The van der Waals surface area contributed by atoms with Crippen LogP contribution in [0.5, 0.6) is 0 Å². The maximum Gasteiger partial charge on any atom is 0.310 e. The molecule has 0 bridgehead atoms. The number of piperazine rings is 1. The minimum Gasteiger partial charge on any atom is -0.466 e. The number of ether oxygens (including phenoxy) is 1. The molecule has 7 nitrogen and oxygen atoms in total. The molecule has 2 aliphatic rings. The zero-order valence-corrected chi connectivity index (χ0v) is 22.2. The first-order valence-corrected chi connectivity index (χ1v) is 11.8. The number of guanidine groups is 1. The van der Waals surface area contributed by atoms with Gasteiger partial charge in [-0.05, 0) is 37.4 Å². The minimum absolute atomic E-state index is 0. The van der Waals surface area contributed by atoms with E-state index >= 15 is 0 Å². The lowest BCUT2D eigenvalue weighted by Crippen LogP contribution is -2.48. The lowest BCUT2D eigenvalue weighted by atomic mass is 9.98. The number of esters is 1. The number of carbonyl (C=O) groups is 1. The molecule has 8 heteroatoms. The van der Waals surface area contributed by atoms with E-state index in [0.29, 0.717) is 13.2 Å². The lowest BCUT2D eigenvalue weighted by molar-refractivity contribution is -0.149. The highest BCUT2D eigenvalue weighted by molar-refractivity contribution is 14.0. The van der Waals surface area contributed by atoms with Gasteiger partial charge in [-0.2, -0.15) is 0 Å². The second-order valence-electron chi connectivity index (χ2n) is 8.42. The molecule has 2 fully saturated rings. The Morgan fingerprint density at radius 2 is 1.78 bits per heavy atom. The Morgan fingerprint density at radius 1 is 1.09 bits per heavy atom. The van der Waals surface area contributed by atoms with Gasteiger partial charge < -0.3 is 19.9 Å². The van der Waals surface area contributed by atoms with Crippen LogP contribution < -0.4 is 5.32 Å². The van der Waals surface area contributed by atoms with Crippen molar-refractivity contribution < 1.29 is 9.53 Å². The highest BCUT2D eigenvalue weighted by atomic mass is 127. The van der Waals surface area contributed by atoms with Crippen molar-refractivity contribution in [3.8, 4) is 0 Å². The third-order valence-corrected chi connectivity index (χ3v) is 6.41. The average molecular weight is 558 g/mol. The van der Waals surface area contributed by atoms with Crippen molar-refractivity contribution in [2.75, 3.05) is 59.5 Å². The number of nitrogens with zero attached hydrogens (tertiary/aromatic N) is 4. The number of carbonyl (C=O) groups excluding carboxylic acids is 1. The molecule has 2 heterocycles. The van der Waals surface area contributed by atoms with Crippen molar-refractivity contribution in [2.24, 2.45) is 10.9 Å². The maximum absolute atomic E-state index is 12.2. The number of aliphatic imine (C=N–C) groups is 1. The van der Waals surface area contributed by atoms with Crippen LogP contribution in [0.1, 0.15) is 37.8 Å². The molecule has 0 aliphatic carbocycles. The maximum atomic E-state index is 12.2. The third kappa shape index (κ3) is 7.59. The molecule has 0 aromatic heterocycles. The summed E-state index contributed by atoms with van der Waals surface area (Å²) >= 11 is 0. The molecule has 3 rings (SSSR count). The number of rotatable bonds is 7. The van der Waals surface area contributed by atoms with Crippen LogP contribution in [0.3, 0.4) is 0 Å². The lowest BCUT2D eigenvalue weighted by Gasteiger charge is -2.35. The Bertz CT molecular complexity index is 737. The molecule has 180 valence electrons. The number of likely N-dealkylation sites (N-methyl/N-ethyl adjacent to an activating group) is 1. The van der Waals surface area contributed by atoms with Crippen LogP contribution in [0.15, 0.2) is 29.3 Å². The molecule has 0 radical (unpaired) electrons. The van der Waals surface area contributed by atoms with E-state index in [1.54, 1.807) is 0 Å². The van der Waals surface area contributed by atoms with Crippen LogP contribution in [-0.4, -0.2) is 86.1 Å². The van der Waals surface area contributed by atoms with Gasteiger partial charge in [0, 0.05) is 59.4 Å². The summed E-state index contributed by atoms with van der Waals surface area (Å²) in [6.07, 6.45) is 1.87. The molecule has 1 atom stereocenters. The SMILES string of the molecule is CCOC(=O)C1CCCN(C(=NC)NCc2ccccc2CN2CCN(CC)CC2)C1.I. The van der Waals surface area contributed by atoms with E-state index in [2.05, 4.69) is 56.2 Å². The second kappa shape index (κ2) is 14.0. The monoisotopic (exact) mass is 557 g/mol. The number of piperidine rings is 1. The van der Waals surface area contributed by atoms with Crippen LogP contribution >= 0.6 is 24.0 Å². The summed E-state index contributed by atoms with van der Waals surface area (Å²) in [5.41, 5.74) is 2.68. The molecular formula is C24H40IN5O2. The van der Waals surface area contributed by atoms with Crippen LogP contribution in [0.2, 0.25) is 0 Å². The summed E-state index contributed by atoms with van der Waals surface area (Å²) in [6, 6.07) is 8.68. The number of benzene rings is 1. The standard InChI is InChI=1S/C24H39N5O2.HI/c1-4-27-13-15-28(16-14-27)18-21-10-7-6-9-20(21)17-26-24(25-3)29-12-8-11-22(19-29)23(30)31-5-2;/h6-7,9-10,22H,4-5,8,11-19H2,1-3H3,(H,25,26);1H. The predicted octanol–water partition coefficient (Wildman–Crippen LogP) is 2.79. The first kappa shape index (κ1) is 26.9. The Hall–Kier alpha value is -1.39. The quantitative estimate of drug-likeness (QED) is 0.241. The molecule has 1 unspecified atom stereocenters. The summed E-state index contributed by atoms with van der Waals surface area (Å²) in [4.78, 5) is 23.9. The first-order chi connectivity index (χ1) is 15.1. The fraction of sp³-hybridized carbons (Fsp3) is 0.667. The summed E-state index contributed by atoms with van der Waals surface area (Å²) in [7, 11) is 1.81. The van der Waals surface area contributed by atoms with Crippen molar-refractivity contribution in [2.45, 2.75) is 39.8 Å². The van der Waals surface area contributed by atoms with Gasteiger partial charge in [0.25, 0.3) is 0 Å². The number of hydrogen-bond acceptors (Lipinski definition) is 5. The van der Waals surface area contributed by atoms with E-state index in [4.69, 9.17) is 4.74 Å². The van der Waals surface area contributed by atoms with Crippen molar-refractivity contribution in [1.82, 2.24) is 20.0 Å². The zero-order chi connectivity index (χ0) is 22.1. The van der Waals surface area contributed by atoms with E-state index in [9.17, 15) is 4.79 Å². The van der Waals surface area contributed by atoms with Crippen LogP contribution in [0, 0.1) is 5.92 Å². The van der Waals surface area contributed by atoms with Gasteiger partial charge in [-0.25, -0.2) is 0 Å². The smallest absolute Gasteiger partial charge is 0.310 e. The molecule has 0 spiro atoms. The Balaban J connectivity index is 0.00000363. The largest absolute Gasteiger partial charge is 0.466 e. The molecular weight excluding hydrogens is 517 g/mol. The number of halogens is 1. The van der Waals surface area contributed by atoms with Crippen molar-refractivity contribution in [3.63, 3.8) is 0 Å². The summed E-state index contributed by atoms with van der Waals surface area (Å²) < 4.78 is 5.24. The van der Waals surface area contributed by atoms with Crippen molar-refractivity contribution >= 4 is 35.9 Å². The second-order valence-corrected chi connectivity index (χ2v) is 8.42. The summed E-state index contributed by atoms with van der Waals surface area (Å²) in [5, 5.41) is 3.54. The van der Waals surface area contributed by atoms with Gasteiger partial charge in [0.2, 0.25) is 0 Å². The summed E-state index contributed by atoms with van der Waals surface area (Å²) in [6.45, 7) is 13.5. The molecule has 1 N–H and O–H groups in total. The van der Waals surface area contributed by atoms with E-state index in [1.807, 2.05) is 14.0 Å². The molecule has 1 aromatic carbocycles. The fourth-order valence-electron chi connectivity index (χ4n) is 4.52. The molecule has 0 amide bonds. The fourth-order valence-corrected chi connectivity index (χ4v) is 4.52. The molecule has 2 aliphatic heterocycles. The van der Waals surface area contributed by atoms with Gasteiger partial charge in [-0.1, -0.05) is 31.2 Å². The topological polar surface area (TPSA) is 60.4 Å². The molecule has 2 saturated heterocycles. The number of nitrogens with one attached hydrogen (secondary N) is 1. The van der Waals surface area contributed by atoms with E-state index in [0.717, 1.165) is 71.2 Å². The van der Waals surface area contributed by atoms with Gasteiger partial charge in [0.15, 0.2) is 5.96 Å². The van der Waals surface area contributed by atoms with Gasteiger partial charge in [-0.15, -0.1) is 24.0 Å². The average Bonchev–Trinajstić information content (AvgIpc) is 2.81. The zero-order valence-electron chi connectivity index (χ0n) is 19.9. The summed E-state index contributed by atoms with van der Waals surface area (Å²) in [5.74, 6) is 0.706. The first-order valence-electron chi connectivity index (χ1n) is 11.8. The van der Waals surface area contributed by atoms with E-state index < -0.39 is 0 Å². The van der Waals surface area contributed by atoms with Gasteiger partial charge in [-0.3, -0.25) is 14.7 Å². The molecule has 0 saturated carbocycles. The molecule has 32 heavy (non-hydrogen) atoms. The Labute approximate surface area is 210 Å². The van der Waals surface area contributed by atoms with E-state index in [-0.39, 0.29) is 35.9 Å². The molecule has 1 aromatic rings. The minimum atomic E-state index is -0.0869. The van der Waals surface area contributed by atoms with Gasteiger partial charge in [0.05, 0.1) is 12.5 Å².